The van der Waals surface area contributed by atoms with E-state index in [1.54, 1.807) is 12.3 Å². The van der Waals surface area contributed by atoms with E-state index >= 15 is 0 Å². The molecular weight excluding hydrogens is 383 g/mol. The standard InChI is InChI=1S/C23H25FN4O2/c1-12-17-8-14(18-11-25-19-9-15(24)6-7-16(18)19)10-26-21(17)27-13(2)20(12)28-22(29)30-23(3,4)5/h6-12,20,25H,2H2,1,3-5H3,(H,26,27)(H,28,29)/t12?,20-/m0/s1. The number of hydrogen-bond donors (Lipinski definition) is 3. The molecule has 0 saturated carbocycles. The number of pyridine rings is 1. The molecule has 0 aliphatic carbocycles. The van der Waals surface area contributed by atoms with Crippen molar-refractivity contribution in [2.24, 2.45) is 0 Å². The second-order valence-electron chi connectivity index (χ2n) is 8.62. The molecule has 3 heterocycles. The van der Waals surface area contributed by atoms with E-state index in [0.717, 1.165) is 27.6 Å². The summed E-state index contributed by atoms with van der Waals surface area (Å²) in [7, 11) is 0. The molecule has 1 unspecified atom stereocenters. The predicted octanol–water partition coefficient (Wildman–Crippen LogP) is 5.31. The summed E-state index contributed by atoms with van der Waals surface area (Å²) >= 11 is 0. The van der Waals surface area contributed by atoms with Gasteiger partial charge in [-0.05, 0) is 45.0 Å². The minimum absolute atomic E-state index is 0.0728. The van der Waals surface area contributed by atoms with Crippen molar-refractivity contribution in [1.29, 1.82) is 0 Å². The maximum atomic E-state index is 13.5. The number of benzene rings is 1. The van der Waals surface area contributed by atoms with Gasteiger partial charge in [-0.25, -0.2) is 14.2 Å². The predicted molar refractivity (Wildman–Crippen MR) is 116 cm³/mol. The van der Waals surface area contributed by atoms with Gasteiger partial charge in [-0.15, -0.1) is 0 Å². The average molecular weight is 408 g/mol. The number of carbonyl (C=O) groups is 1. The molecule has 2 aromatic heterocycles. The van der Waals surface area contributed by atoms with Crippen LogP contribution in [0.4, 0.5) is 15.0 Å². The zero-order valence-electron chi connectivity index (χ0n) is 17.5. The van der Waals surface area contributed by atoms with Crippen molar-refractivity contribution in [2.45, 2.75) is 45.3 Å². The molecule has 7 heteroatoms. The fourth-order valence-corrected chi connectivity index (χ4v) is 3.78. The Labute approximate surface area is 174 Å². The summed E-state index contributed by atoms with van der Waals surface area (Å²) in [6, 6.07) is 6.37. The lowest BCUT2D eigenvalue weighted by atomic mass is 9.87. The fourth-order valence-electron chi connectivity index (χ4n) is 3.78. The Bertz CT molecular complexity index is 1150. The van der Waals surface area contributed by atoms with Crippen molar-refractivity contribution in [3.63, 3.8) is 0 Å². The van der Waals surface area contributed by atoms with Gasteiger partial charge >= 0.3 is 6.09 Å². The van der Waals surface area contributed by atoms with Gasteiger partial charge < -0.3 is 20.4 Å². The van der Waals surface area contributed by atoms with E-state index in [4.69, 9.17) is 4.74 Å². The van der Waals surface area contributed by atoms with Gasteiger partial charge in [0.25, 0.3) is 0 Å². The van der Waals surface area contributed by atoms with Crippen molar-refractivity contribution in [1.82, 2.24) is 15.3 Å². The molecule has 1 aliphatic heterocycles. The molecule has 1 aliphatic rings. The van der Waals surface area contributed by atoms with Crippen LogP contribution in [0, 0.1) is 5.82 Å². The summed E-state index contributed by atoms with van der Waals surface area (Å²) in [6.07, 6.45) is 3.14. The number of halogens is 1. The van der Waals surface area contributed by atoms with Crippen molar-refractivity contribution in [3.05, 3.63) is 60.3 Å². The van der Waals surface area contributed by atoms with Crippen LogP contribution < -0.4 is 10.6 Å². The van der Waals surface area contributed by atoms with Gasteiger partial charge in [0.05, 0.1) is 6.04 Å². The van der Waals surface area contributed by atoms with Gasteiger partial charge in [0.1, 0.15) is 17.2 Å². The van der Waals surface area contributed by atoms with Crippen molar-refractivity contribution < 1.29 is 13.9 Å². The Morgan fingerprint density at radius 1 is 1.30 bits per heavy atom. The van der Waals surface area contributed by atoms with E-state index in [1.807, 2.05) is 40.0 Å². The highest BCUT2D eigenvalue weighted by atomic mass is 19.1. The highest BCUT2D eigenvalue weighted by Crippen LogP contribution is 2.38. The van der Waals surface area contributed by atoms with E-state index in [-0.39, 0.29) is 17.8 Å². The Balaban J connectivity index is 1.66. The van der Waals surface area contributed by atoms with Gasteiger partial charge in [0.15, 0.2) is 0 Å². The van der Waals surface area contributed by atoms with Crippen LogP contribution in [0.15, 0.2) is 48.9 Å². The van der Waals surface area contributed by atoms with Gasteiger partial charge in [-0.2, -0.15) is 0 Å². The van der Waals surface area contributed by atoms with Crippen LogP contribution in [0.5, 0.6) is 0 Å². The minimum atomic E-state index is -0.585. The highest BCUT2D eigenvalue weighted by Gasteiger charge is 2.32. The van der Waals surface area contributed by atoms with E-state index < -0.39 is 11.7 Å². The summed E-state index contributed by atoms with van der Waals surface area (Å²) in [4.78, 5) is 20.0. The van der Waals surface area contributed by atoms with E-state index in [0.29, 0.717) is 11.5 Å². The molecule has 4 rings (SSSR count). The molecule has 6 nitrogen and oxygen atoms in total. The summed E-state index contributed by atoms with van der Waals surface area (Å²) in [5, 5.41) is 7.02. The van der Waals surface area contributed by atoms with Crippen molar-refractivity contribution in [3.8, 4) is 11.1 Å². The molecule has 0 radical (unpaired) electrons. The summed E-state index contributed by atoms with van der Waals surface area (Å²) in [5.74, 6) is 0.354. The van der Waals surface area contributed by atoms with E-state index in [2.05, 4.69) is 27.2 Å². The molecule has 0 saturated heterocycles. The number of aromatic nitrogens is 2. The number of hydrogen-bond acceptors (Lipinski definition) is 4. The van der Waals surface area contributed by atoms with Gasteiger partial charge in [0, 0.05) is 51.6 Å². The van der Waals surface area contributed by atoms with Crippen LogP contribution >= 0.6 is 0 Å². The number of nitrogens with one attached hydrogen (secondary N) is 3. The monoisotopic (exact) mass is 408 g/mol. The van der Waals surface area contributed by atoms with Crippen LogP contribution in [0.1, 0.15) is 39.2 Å². The van der Waals surface area contributed by atoms with E-state index in [9.17, 15) is 9.18 Å². The molecule has 0 fully saturated rings. The Kier molecular flexibility index (Phi) is 4.76. The number of alkyl carbamates (subject to hydrolysis) is 1. The number of rotatable bonds is 2. The number of amides is 1. The Hall–Kier alpha value is -3.35. The summed E-state index contributed by atoms with van der Waals surface area (Å²) in [6.45, 7) is 11.5. The number of H-pyrrole nitrogens is 1. The number of ether oxygens (including phenoxy) is 1. The van der Waals surface area contributed by atoms with Gasteiger partial charge in [-0.1, -0.05) is 13.5 Å². The third-order valence-electron chi connectivity index (χ3n) is 5.19. The number of fused-ring (bicyclic) bond motifs is 2. The first kappa shape index (κ1) is 19.9. The number of anilines is 1. The molecule has 2 atom stereocenters. The maximum Gasteiger partial charge on any atom is 0.408 e. The first-order valence-electron chi connectivity index (χ1n) is 9.84. The second kappa shape index (κ2) is 7.16. The largest absolute Gasteiger partial charge is 0.444 e. The lowest BCUT2D eigenvalue weighted by molar-refractivity contribution is 0.0506. The molecule has 0 spiro atoms. The summed E-state index contributed by atoms with van der Waals surface area (Å²) < 4.78 is 18.9. The number of carbonyl (C=O) groups excluding carboxylic acids is 1. The second-order valence-corrected chi connectivity index (χ2v) is 8.62. The molecular formula is C23H25FN4O2. The van der Waals surface area contributed by atoms with Crippen molar-refractivity contribution >= 4 is 22.8 Å². The molecule has 0 bridgehead atoms. The Morgan fingerprint density at radius 3 is 2.80 bits per heavy atom. The highest BCUT2D eigenvalue weighted by molar-refractivity contribution is 5.95. The fraction of sp³-hybridized carbons (Fsp3) is 0.304. The lowest BCUT2D eigenvalue weighted by Crippen LogP contribution is -2.45. The topological polar surface area (TPSA) is 79.0 Å². The van der Waals surface area contributed by atoms with Crippen LogP contribution in [-0.2, 0) is 4.74 Å². The first-order valence-corrected chi connectivity index (χ1v) is 9.84. The molecule has 3 N–H and O–H groups in total. The smallest absolute Gasteiger partial charge is 0.408 e. The normalized spacial score (nSPS) is 18.6. The Morgan fingerprint density at radius 2 is 2.07 bits per heavy atom. The molecule has 3 aromatic rings. The zero-order valence-corrected chi connectivity index (χ0v) is 17.5. The van der Waals surface area contributed by atoms with Crippen LogP contribution in [0.2, 0.25) is 0 Å². The summed E-state index contributed by atoms with van der Waals surface area (Å²) in [5.41, 5.74) is 3.60. The molecule has 1 amide bonds. The SMILES string of the molecule is C=C1Nc2ncc(-c3c[nH]c4cc(F)ccc34)cc2C(C)[C@@H]1NC(=O)OC(C)(C)C. The number of nitrogens with zero attached hydrogens (tertiary/aromatic N) is 1. The quantitative estimate of drug-likeness (QED) is 0.537. The van der Waals surface area contributed by atoms with Crippen LogP contribution in [0.25, 0.3) is 22.0 Å². The molecule has 1 aromatic carbocycles. The molecule has 156 valence electrons. The number of aromatic amines is 1. The van der Waals surface area contributed by atoms with Crippen LogP contribution in [0.3, 0.4) is 0 Å². The first-order chi connectivity index (χ1) is 14.1. The van der Waals surface area contributed by atoms with E-state index in [1.165, 1.54) is 12.1 Å². The lowest BCUT2D eigenvalue weighted by Gasteiger charge is -2.34. The minimum Gasteiger partial charge on any atom is -0.444 e. The van der Waals surface area contributed by atoms with Gasteiger partial charge in [0.2, 0.25) is 0 Å². The van der Waals surface area contributed by atoms with Crippen molar-refractivity contribution in [2.75, 3.05) is 5.32 Å². The zero-order chi connectivity index (χ0) is 21.6. The van der Waals surface area contributed by atoms with Gasteiger partial charge in [-0.3, -0.25) is 0 Å². The average Bonchev–Trinajstić information content (AvgIpc) is 3.06. The molecule has 30 heavy (non-hydrogen) atoms. The van der Waals surface area contributed by atoms with Crippen LogP contribution in [-0.4, -0.2) is 27.7 Å². The third-order valence-corrected chi connectivity index (χ3v) is 5.19. The third kappa shape index (κ3) is 3.75. The maximum absolute atomic E-state index is 13.5.